The van der Waals surface area contributed by atoms with Crippen LogP contribution in [0.1, 0.15) is 18.9 Å². The third-order valence-electron chi connectivity index (χ3n) is 4.04. The molecule has 2 aromatic carbocycles. The summed E-state index contributed by atoms with van der Waals surface area (Å²) in [5, 5.41) is 0. The molecule has 0 aromatic heterocycles. The zero-order valence-electron chi connectivity index (χ0n) is 13.4. The first-order valence-electron chi connectivity index (χ1n) is 7.73. The number of nitrogens with one attached hydrogen (secondary N) is 1. The van der Waals surface area contributed by atoms with Crippen molar-refractivity contribution in [1.29, 1.82) is 0 Å². The predicted octanol–water partition coefficient (Wildman–Crippen LogP) is 3.06. The van der Waals surface area contributed by atoms with Crippen molar-refractivity contribution in [2.75, 3.05) is 16.2 Å². The third-order valence-corrected chi connectivity index (χ3v) is 5.42. The Morgan fingerprint density at radius 2 is 1.92 bits per heavy atom. The van der Waals surface area contributed by atoms with Gasteiger partial charge in [-0.25, -0.2) is 17.2 Å². The molecule has 0 aliphatic carbocycles. The average Bonchev–Trinajstić information content (AvgIpc) is 2.99. The van der Waals surface area contributed by atoms with Crippen molar-refractivity contribution in [1.82, 2.24) is 0 Å². The van der Waals surface area contributed by atoms with Gasteiger partial charge in [-0.3, -0.25) is 9.52 Å². The molecule has 25 heavy (non-hydrogen) atoms. The summed E-state index contributed by atoms with van der Waals surface area (Å²) >= 11 is 0. The van der Waals surface area contributed by atoms with Crippen molar-refractivity contribution in [3.63, 3.8) is 0 Å². The average molecular weight is 366 g/mol. The summed E-state index contributed by atoms with van der Waals surface area (Å²) in [7, 11) is -4.07. The molecule has 5 nitrogen and oxygen atoms in total. The van der Waals surface area contributed by atoms with Gasteiger partial charge in [-0.1, -0.05) is 13.0 Å². The number of hydrogen-bond donors (Lipinski definition) is 1. The van der Waals surface area contributed by atoms with E-state index in [-0.39, 0.29) is 16.5 Å². The number of benzene rings is 2. The molecule has 0 spiro atoms. The highest BCUT2D eigenvalue weighted by Gasteiger charge is 2.25. The van der Waals surface area contributed by atoms with Crippen LogP contribution >= 0.6 is 0 Å². The van der Waals surface area contributed by atoms with Gasteiger partial charge in [0.1, 0.15) is 0 Å². The zero-order valence-corrected chi connectivity index (χ0v) is 14.2. The standard InChI is InChI=1S/C17H16F2N2O3S/c1-2-17(22)21-8-7-11-3-4-12(9-16(11)21)20-25(23,24)13-5-6-14(18)15(19)10-13/h3-6,9-10,20H,2,7-8H2,1H3. The first-order chi connectivity index (χ1) is 11.8. The van der Waals surface area contributed by atoms with Crippen molar-refractivity contribution in [2.45, 2.75) is 24.7 Å². The lowest BCUT2D eigenvalue weighted by atomic mass is 10.1. The Labute approximate surface area is 144 Å². The monoisotopic (exact) mass is 366 g/mol. The Kier molecular flexibility index (Phi) is 4.47. The molecule has 0 bridgehead atoms. The van der Waals surface area contributed by atoms with E-state index in [9.17, 15) is 22.0 Å². The zero-order chi connectivity index (χ0) is 18.2. The first kappa shape index (κ1) is 17.3. The van der Waals surface area contributed by atoms with Gasteiger partial charge in [0, 0.05) is 18.7 Å². The lowest BCUT2D eigenvalue weighted by Gasteiger charge is -2.17. The van der Waals surface area contributed by atoms with E-state index >= 15 is 0 Å². The summed E-state index contributed by atoms with van der Waals surface area (Å²) in [6, 6.07) is 7.28. The first-order valence-corrected chi connectivity index (χ1v) is 9.21. The molecule has 0 atom stereocenters. The fraction of sp³-hybridized carbons (Fsp3) is 0.235. The van der Waals surface area contributed by atoms with Gasteiger partial charge in [0.2, 0.25) is 5.91 Å². The fourth-order valence-corrected chi connectivity index (χ4v) is 3.81. The van der Waals surface area contributed by atoms with Crippen molar-refractivity contribution in [3.8, 4) is 0 Å². The maximum absolute atomic E-state index is 13.3. The van der Waals surface area contributed by atoms with E-state index in [4.69, 9.17) is 0 Å². The molecule has 1 aliphatic heterocycles. The number of nitrogens with zero attached hydrogens (tertiary/aromatic N) is 1. The third kappa shape index (κ3) is 3.34. The highest BCUT2D eigenvalue weighted by molar-refractivity contribution is 7.92. The molecule has 1 amide bonds. The molecule has 3 rings (SSSR count). The molecule has 0 saturated heterocycles. The molecule has 2 aromatic rings. The topological polar surface area (TPSA) is 66.5 Å². The number of amides is 1. The molecule has 0 fully saturated rings. The van der Waals surface area contributed by atoms with Crippen LogP contribution in [-0.4, -0.2) is 20.9 Å². The minimum atomic E-state index is -4.07. The number of hydrogen-bond acceptors (Lipinski definition) is 3. The maximum atomic E-state index is 13.3. The van der Waals surface area contributed by atoms with Gasteiger partial charge in [0.05, 0.1) is 10.6 Å². The van der Waals surface area contributed by atoms with Crippen molar-refractivity contribution in [2.24, 2.45) is 0 Å². The Bertz CT molecular complexity index is 945. The van der Waals surface area contributed by atoms with Crippen LogP contribution in [0.2, 0.25) is 0 Å². The molecule has 1 N–H and O–H groups in total. The van der Waals surface area contributed by atoms with Gasteiger partial charge >= 0.3 is 0 Å². The van der Waals surface area contributed by atoms with Crippen LogP contribution in [0.15, 0.2) is 41.3 Å². The van der Waals surface area contributed by atoms with Crippen molar-refractivity contribution >= 4 is 27.3 Å². The van der Waals surface area contributed by atoms with Crippen LogP contribution in [0.5, 0.6) is 0 Å². The molecule has 0 saturated carbocycles. The molecular formula is C17H16F2N2O3S. The van der Waals surface area contributed by atoms with Crippen LogP contribution in [0.25, 0.3) is 0 Å². The SMILES string of the molecule is CCC(=O)N1CCc2ccc(NS(=O)(=O)c3ccc(F)c(F)c3)cc21. The second-order valence-corrected chi connectivity index (χ2v) is 7.36. The molecule has 132 valence electrons. The van der Waals surface area contributed by atoms with Crippen LogP contribution in [0, 0.1) is 11.6 Å². The van der Waals surface area contributed by atoms with E-state index in [1.165, 1.54) is 0 Å². The van der Waals surface area contributed by atoms with E-state index in [0.29, 0.717) is 31.1 Å². The number of carbonyl (C=O) groups excluding carboxylic acids is 1. The molecule has 1 aliphatic rings. The van der Waals surface area contributed by atoms with E-state index in [1.54, 1.807) is 30.0 Å². The number of fused-ring (bicyclic) bond motifs is 1. The van der Waals surface area contributed by atoms with Gasteiger partial charge in [0.15, 0.2) is 11.6 Å². The number of anilines is 2. The van der Waals surface area contributed by atoms with E-state index in [1.807, 2.05) is 0 Å². The Balaban J connectivity index is 1.91. The van der Waals surface area contributed by atoms with E-state index < -0.39 is 21.7 Å². The lowest BCUT2D eigenvalue weighted by Crippen LogP contribution is -2.27. The molecule has 8 heteroatoms. The molecule has 0 unspecified atom stereocenters. The summed E-state index contributed by atoms with van der Waals surface area (Å²) < 4.78 is 53.3. The maximum Gasteiger partial charge on any atom is 0.262 e. The highest BCUT2D eigenvalue weighted by Crippen LogP contribution is 2.32. The van der Waals surface area contributed by atoms with Gasteiger partial charge in [-0.15, -0.1) is 0 Å². The summed E-state index contributed by atoms with van der Waals surface area (Å²) in [6.45, 7) is 2.32. The van der Waals surface area contributed by atoms with Crippen LogP contribution < -0.4 is 9.62 Å². The smallest absolute Gasteiger partial charge is 0.262 e. The molecule has 0 radical (unpaired) electrons. The van der Waals surface area contributed by atoms with Crippen molar-refractivity contribution in [3.05, 3.63) is 53.6 Å². The summed E-state index contributed by atoms with van der Waals surface area (Å²) in [4.78, 5) is 13.2. The summed E-state index contributed by atoms with van der Waals surface area (Å²) in [6.07, 6.45) is 1.06. The van der Waals surface area contributed by atoms with Gasteiger partial charge in [0.25, 0.3) is 10.0 Å². The van der Waals surface area contributed by atoms with Crippen LogP contribution in [0.3, 0.4) is 0 Å². The fourth-order valence-electron chi connectivity index (χ4n) is 2.75. The summed E-state index contributed by atoms with van der Waals surface area (Å²) in [5.74, 6) is -2.40. The predicted molar refractivity (Wildman–Crippen MR) is 90.0 cm³/mol. The Hall–Kier alpha value is -2.48. The molecule has 1 heterocycles. The van der Waals surface area contributed by atoms with Gasteiger partial charge in [-0.05, 0) is 42.3 Å². The van der Waals surface area contributed by atoms with E-state index in [2.05, 4.69) is 4.72 Å². The Morgan fingerprint density at radius 1 is 1.16 bits per heavy atom. The van der Waals surface area contributed by atoms with Crippen molar-refractivity contribution < 1.29 is 22.0 Å². The van der Waals surface area contributed by atoms with Crippen LogP contribution in [0.4, 0.5) is 20.2 Å². The minimum Gasteiger partial charge on any atom is -0.312 e. The molecular weight excluding hydrogens is 350 g/mol. The van der Waals surface area contributed by atoms with Gasteiger partial charge in [-0.2, -0.15) is 0 Å². The number of rotatable bonds is 4. The van der Waals surface area contributed by atoms with Crippen LogP contribution in [-0.2, 0) is 21.2 Å². The second kappa shape index (κ2) is 6.44. The number of sulfonamides is 1. The summed E-state index contributed by atoms with van der Waals surface area (Å²) in [5.41, 5.74) is 1.87. The number of carbonyl (C=O) groups is 1. The second-order valence-electron chi connectivity index (χ2n) is 5.67. The largest absolute Gasteiger partial charge is 0.312 e. The van der Waals surface area contributed by atoms with E-state index in [0.717, 1.165) is 17.7 Å². The lowest BCUT2D eigenvalue weighted by molar-refractivity contribution is -0.118. The quantitative estimate of drug-likeness (QED) is 0.904. The minimum absolute atomic E-state index is 0.0423. The highest BCUT2D eigenvalue weighted by atomic mass is 32.2. The Morgan fingerprint density at radius 3 is 2.60 bits per heavy atom. The van der Waals surface area contributed by atoms with Gasteiger partial charge < -0.3 is 4.90 Å². The number of halogens is 2. The normalized spacial score (nSPS) is 13.6.